The summed E-state index contributed by atoms with van der Waals surface area (Å²) >= 11 is 3.73. The first kappa shape index (κ1) is 20.4. The van der Waals surface area contributed by atoms with Crippen LogP contribution in [0.25, 0.3) is 0 Å². The minimum absolute atomic E-state index is 0.0110. The molecule has 1 fully saturated rings. The zero-order chi connectivity index (χ0) is 18.4. The predicted octanol–water partition coefficient (Wildman–Crippen LogP) is -1.47. The predicted molar refractivity (Wildman–Crippen MR) is 88.0 cm³/mol. The van der Waals surface area contributed by atoms with Crippen LogP contribution in [0.3, 0.4) is 0 Å². The molecule has 1 unspecified atom stereocenters. The molecule has 6 N–H and O–H groups in total. The van der Waals surface area contributed by atoms with Crippen LogP contribution in [-0.2, 0) is 14.3 Å². The van der Waals surface area contributed by atoms with E-state index < -0.39 is 35.7 Å². The highest BCUT2D eigenvalue weighted by Gasteiger charge is 2.43. The van der Waals surface area contributed by atoms with Gasteiger partial charge in [0, 0.05) is 13.5 Å². The van der Waals surface area contributed by atoms with E-state index in [-0.39, 0.29) is 24.4 Å². The van der Waals surface area contributed by atoms with Crippen LogP contribution in [-0.4, -0.2) is 70.9 Å². The molecule has 0 bridgehead atoms. The number of nitrogens with two attached hydrogens (primary N) is 2. The molecule has 4 atom stereocenters. The number of methoxy groups -OCH3 is 1. The van der Waals surface area contributed by atoms with Gasteiger partial charge < -0.3 is 31.2 Å². The average molecular weight is 362 g/mol. The van der Waals surface area contributed by atoms with E-state index >= 15 is 0 Å². The Morgan fingerprint density at radius 1 is 1.58 bits per heavy atom. The third-order valence-electron chi connectivity index (χ3n) is 3.47. The van der Waals surface area contributed by atoms with Gasteiger partial charge in [-0.2, -0.15) is 0 Å². The van der Waals surface area contributed by atoms with Crippen molar-refractivity contribution in [2.75, 3.05) is 13.7 Å². The number of aliphatic hydroxyl groups is 2. The van der Waals surface area contributed by atoms with E-state index in [1.807, 2.05) is 0 Å². The van der Waals surface area contributed by atoms with Crippen LogP contribution in [0.1, 0.15) is 13.3 Å². The Kier molecular flexibility index (Phi) is 7.63. The number of ether oxygens (including phenoxy) is 2. The lowest BCUT2D eigenvalue weighted by molar-refractivity contribution is -0.115. The number of primary amides is 1. The van der Waals surface area contributed by atoms with Crippen molar-refractivity contribution in [2.45, 2.75) is 37.9 Å². The molecule has 10 nitrogen and oxygen atoms in total. The first-order valence-electron chi connectivity index (χ1n) is 7.02. The molecular formula is C13H22N4O6S. The Hall–Kier alpha value is -1.66. The van der Waals surface area contributed by atoms with E-state index in [4.69, 9.17) is 20.9 Å². The van der Waals surface area contributed by atoms with E-state index in [1.54, 1.807) is 0 Å². The molecule has 0 radical (unpaired) electrons. The summed E-state index contributed by atoms with van der Waals surface area (Å²) in [7, 11) is 1.41. The summed E-state index contributed by atoms with van der Waals surface area (Å²) in [6, 6.07) is 0. The van der Waals surface area contributed by atoms with Gasteiger partial charge in [0.25, 0.3) is 5.24 Å². The lowest BCUT2D eigenvalue weighted by atomic mass is 10.1. The molecule has 1 aliphatic rings. The summed E-state index contributed by atoms with van der Waals surface area (Å²) in [5.41, 5.74) is 10.4. The normalized spacial score (nSPS) is 26.3. The number of hydrogen-bond acceptors (Lipinski definition) is 7. The summed E-state index contributed by atoms with van der Waals surface area (Å²) < 4.78 is 10.4. The molecule has 0 aromatic rings. The van der Waals surface area contributed by atoms with Gasteiger partial charge in [-0.05, 0) is 6.92 Å². The van der Waals surface area contributed by atoms with E-state index in [0.717, 1.165) is 11.2 Å². The molecular weight excluding hydrogens is 340 g/mol. The summed E-state index contributed by atoms with van der Waals surface area (Å²) in [5, 5.41) is 19.3. The van der Waals surface area contributed by atoms with Gasteiger partial charge in [-0.1, -0.05) is 12.6 Å². The Balaban J connectivity index is 3.18. The number of aliphatic hydroxyl groups excluding tert-OH is 2. The highest BCUT2D eigenvalue weighted by Crippen LogP contribution is 2.30. The van der Waals surface area contributed by atoms with Crippen LogP contribution in [0.2, 0.25) is 0 Å². The minimum Gasteiger partial charge on any atom is -0.390 e. The molecule has 0 aromatic carbocycles. The Bertz CT molecular complexity index is 541. The van der Waals surface area contributed by atoms with Crippen LogP contribution in [0, 0.1) is 0 Å². The fraction of sp³-hybridized carbons (Fsp3) is 0.615. The average Bonchev–Trinajstić information content (AvgIpc) is 2.88. The molecule has 0 saturated carbocycles. The minimum atomic E-state index is -1.22. The molecule has 1 heterocycles. The van der Waals surface area contributed by atoms with Gasteiger partial charge in [-0.15, -0.1) is 0 Å². The van der Waals surface area contributed by atoms with E-state index in [1.165, 1.54) is 14.0 Å². The van der Waals surface area contributed by atoms with Crippen LogP contribution in [0.5, 0.6) is 0 Å². The quantitative estimate of drug-likeness (QED) is 0.160. The second-order valence-corrected chi connectivity index (χ2v) is 5.52. The van der Waals surface area contributed by atoms with Crippen molar-refractivity contribution in [3.8, 4) is 0 Å². The van der Waals surface area contributed by atoms with Crippen molar-refractivity contribution in [1.29, 1.82) is 0 Å². The Morgan fingerprint density at radius 3 is 2.67 bits per heavy atom. The molecule has 0 aliphatic carbocycles. The lowest BCUT2D eigenvalue weighted by Crippen LogP contribution is -2.44. The van der Waals surface area contributed by atoms with Crippen LogP contribution < -0.4 is 11.5 Å². The van der Waals surface area contributed by atoms with Crippen LogP contribution in [0.15, 0.2) is 16.4 Å². The number of aliphatic imine (C=N–C) groups is 1. The fourth-order valence-electron chi connectivity index (χ4n) is 2.28. The van der Waals surface area contributed by atoms with Gasteiger partial charge in [0.05, 0.1) is 24.6 Å². The van der Waals surface area contributed by atoms with E-state index in [2.05, 4.69) is 17.6 Å². The van der Waals surface area contributed by atoms with Gasteiger partial charge in [0.1, 0.15) is 18.0 Å². The molecule has 1 saturated heterocycles. The standard InChI is InChI=1S/C13H22N4O6S/c1-6(10(15)20)11(16-5-14)17(13(21)24)12-7(18)3-9(23-12)8(19)4-22-2/h5,7-9,12,18-19H,3-4H2,1-2H3,(H2,14,16)(H2,15,20)(H,21,24)/b11-6+/t7-,8?,9+,12-/m1/s1. The smallest absolute Gasteiger partial charge is 0.286 e. The monoisotopic (exact) mass is 362 g/mol. The fourth-order valence-corrected chi connectivity index (χ4v) is 2.49. The van der Waals surface area contributed by atoms with Crippen molar-refractivity contribution in [3.63, 3.8) is 0 Å². The summed E-state index contributed by atoms with van der Waals surface area (Å²) in [5.74, 6) is -1.03. The number of amides is 2. The van der Waals surface area contributed by atoms with Gasteiger partial charge in [-0.3, -0.25) is 14.5 Å². The maximum absolute atomic E-state index is 11.9. The summed E-state index contributed by atoms with van der Waals surface area (Å²) in [6.45, 7) is 1.33. The van der Waals surface area contributed by atoms with Crippen molar-refractivity contribution in [2.24, 2.45) is 16.5 Å². The third-order valence-corrected chi connectivity index (χ3v) is 3.69. The number of carbonyl (C=O) groups excluding carboxylic acids is 2. The van der Waals surface area contributed by atoms with Crippen molar-refractivity contribution < 1.29 is 29.3 Å². The molecule has 24 heavy (non-hydrogen) atoms. The van der Waals surface area contributed by atoms with Crippen LogP contribution in [0.4, 0.5) is 4.79 Å². The number of nitrogens with zero attached hydrogens (tertiary/aromatic N) is 2. The summed E-state index contributed by atoms with van der Waals surface area (Å²) in [4.78, 5) is 28.0. The number of rotatable bonds is 7. The second kappa shape index (κ2) is 8.99. The number of thiol groups is 1. The molecule has 1 rings (SSSR count). The Morgan fingerprint density at radius 2 is 2.21 bits per heavy atom. The molecule has 2 amide bonds. The highest BCUT2D eigenvalue weighted by molar-refractivity contribution is 7.96. The Labute approximate surface area is 144 Å². The van der Waals surface area contributed by atoms with Crippen molar-refractivity contribution in [1.82, 2.24) is 4.90 Å². The second-order valence-electron chi connectivity index (χ2n) is 5.13. The zero-order valence-corrected chi connectivity index (χ0v) is 14.2. The maximum atomic E-state index is 11.9. The van der Waals surface area contributed by atoms with Gasteiger partial charge in [-0.25, -0.2) is 4.99 Å². The third kappa shape index (κ3) is 4.68. The zero-order valence-electron chi connectivity index (χ0n) is 13.3. The van der Waals surface area contributed by atoms with Crippen LogP contribution >= 0.6 is 12.6 Å². The number of hydrogen-bond donors (Lipinski definition) is 5. The molecule has 11 heteroatoms. The topological polar surface area (TPSA) is 161 Å². The first-order chi connectivity index (χ1) is 11.2. The molecule has 0 aromatic heterocycles. The molecule has 0 spiro atoms. The number of carbonyl (C=O) groups is 2. The van der Waals surface area contributed by atoms with Crippen molar-refractivity contribution >= 4 is 30.1 Å². The highest BCUT2D eigenvalue weighted by atomic mass is 32.1. The first-order valence-corrected chi connectivity index (χ1v) is 7.46. The van der Waals surface area contributed by atoms with E-state index in [0.29, 0.717) is 0 Å². The molecule has 1 aliphatic heterocycles. The van der Waals surface area contributed by atoms with E-state index in [9.17, 15) is 19.8 Å². The molecule has 136 valence electrons. The summed E-state index contributed by atoms with van der Waals surface area (Å²) in [6.07, 6.45) is -3.25. The largest absolute Gasteiger partial charge is 0.390 e. The van der Waals surface area contributed by atoms with Gasteiger partial charge in [0.2, 0.25) is 5.91 Å². The van der Waals surface area contributed by atoms with Gasteiger partial charge >= 0.3 is 0 Å². The lowest BCUT2D eigenvalue weighted by Gasteiger charge is -2.30. The SMILES string of the molecule is COCC(O)[C@@H]1C[C@@H](O)[C@H](N(C(=O)S)/C(N=CN)=C(\C)C(N)=O)O1. The van der Waals surface area contributed by atoms with Crippen molar-refractivity contribution in [3.05, 3.63) is 11.4 Å². The maximum Gasteiger partial charge on any atom is 0.286 e. The van der Waals surface area contributed by atoms with Gasteiger partial charge in [0.15, 0.2) is 6.23 Å².